The van der Waals surface area contributed by atoms with E-state index in [2.05, 4.69) is 6.92 Å². The Morgan fingerprint density at radius 2 is 1.77 bits per heavy atom. The monoisotopic (exact) mass is 397 g/mol. The summed E-state index contributed by atoms with van der Waals surface area (Å²) in [6, 6.07) is 4.14. The zero-order valence-electron chi connectivity index (χ0n) is 15.6. The number of hydrogen-bond donors (Lipinski definition) is 2. The molecule has 0 aliphatic carbocycles. The normalized spacial score (nSPS) is 13.8. The molecule has 1 atom stereocenters. The number of nitrogens with two attached hydrogens (primary N) is 1. The standard InChI is InChI=1S/C19H30F3NO2.ClH/c1-3-4-5-6-7-12-25-17-9-8-15(10-11-18(2,23)14-24)13-16(17)19(20,21)22;/h8-9,13,24H,3-7,10-12,14,23H2,1-2H3;1H. The molecule has 0 bridgehead atoms. The summed E-state index contributed by atoms with van der Waals surface area (Å²) in [6.07, 6.45) is 1.36. The summed E-state index contributed by atoms with van der Waals surface area (Å²) in [4.78, 5) is 0. The van der Waals surface area contributed by atoms with Crippen molar-refractivity contribution in [1.29, 1.82) is 0 Å². The van der Waals surface area contributed by atoms with Crippen LogP contribution in [0.3, 0.4) is 0 Å². The summed E-state index contributed by atoms with van der Waals surface area (Å²) in [5.41, 5.74) is 4.82. The first-order valence-electron chi connectivity index (χ1n) is 8.92. The molecule has 0 saturated carbocycles. The number of halogens is 4. The van der Waals surface area contributed by atoms with E-state index in [0.717, 1.165) is 38.2 Å². The third-order valence-corrected chi connectivity index (χ3v) is 4.20. The van der Waals surface area contributed by atoms with Crippen LogP contribution in [-0.4, -0.2) is 23.9 Å². The lowest BCUT2D eigenvalue weighted by Gasteiger charge is -2.22. The third-order valence-electron chi connectivity index (χ3n) is 4.20. The number of rotatable bonds is 11. The van der Waals surface area contributed by atoms with Gasteiger partial charge in [-0.25, -0.2) is 0 Å². The van der Waals surface area contributed by atoms with E-state index < -0.39 is 17.3 Å². The van der Waals surface area contributed by atoms with Crippen molar-refractivity contribution >= 4 is 12.4 Å². The Balaban J connectivity index is 0.00000625. The lowest BCUT2D eigenvalue weighted by Crippen LogP contribution is -2.40. The van der Waals surface area contributed by atoms with Crippen LogP contribution >= 0.6 is 12.4 Å². The molecule has 3 nitrogen and oxygen atoms in total. The highest BCUT2D eigenvalue weighted by Gasteiger charge is 2.34. The van der Waals surface area contributed by atoms with Crippen molar-refractivity contribution in [2.45, 2.75) is 70.5 Å². The highest BCUT2D eigenvalue weighted by molar-refractivity contribution is 5.85. The molecule has 0 saturated heterocycles. The van der Waals surface area contributed by atoms with E-state index in [0.29, 0.717) is 18.4 Å². The van der Waals surface area contributed by atoms with Gasteiger partial charge in [0.2, 0.25) is 0 Å². The molecule has 0 spiro atoms. The molecule has 0 amide bonds. The summed E-state index contributed by atoms with van der Waals surface area (Å²) in [5, 5.41) is 9.15. The predicted octanol–water partition coefficient (Wildman–Crippen LogP) is 5.12. The van der Waals surface area contributed by atoms with Crippen LogP contribution in [-0.2, 0) is 12.6 Å². The molecule has 1 aromatic carbocycles. The van der Waals surface area contributed by atoms with Gasteiger partial charge in [-0.15, -0.1) is 12.4 Å². The fourth-order valence-corrected chi connectivity index (χ4v) is 2.48. The Morgan fingerprint density at radius 3 is 2.35 bits per heavy atom. The van der Waals surface area contributed by atoms with Crippen LogP contribution in [0, 0.1) is 0 Å². The zero-order chi connectivity index (χ0) is 18.9. The molecule has 1 aromatic rings. The van der Waals surface area contributed by atoms with Crippen molar-refractivity contribution in [3.63, 3.8) is 0 Å². The van der Waals surface area contributed by atoms with Crippen LogP contribution in [0.15, 0.2) is 18.2 Å². The second-order valence-electron chi connectivity index (χ2n) is 6.90. The van der Waals surface area contributed by atoms with E-state index in [1.54, 1.807) is 13.0 Å². The SMILES string of the molecule is CCCCCCCOc1ccc(CCC(C)(N)CO)cc1C(F)(F)F.Cl. The minimum Gasteiger partial charge on any atom is -0.493 e. The summed E-state index contributed by atoms with van der Waals surface area (Å²) in [5.74, 6) is -0.121. The van der Waals surface area contributed by atoms with Crippen molar-refractivity contribution in [1.82, 2.24) is 0 Å². The molecule has 26 heavy (non-hydrogen) atoms. The van der Waals surface area contributed by atoms with E-state index in [-0.39, 0.29) is 31.4 Å². The Morgan fingerprint density at radius 1 is 1.12 bits per heavy atom. The number of ether oxygens (including phenoxy) is 1. The van der Waals surface area contributed by atoms with Gasteiger partial charge in [0, 0.05) is 5.54 Å². The fourth-order valence-electron chi connectivity index (χ4n) is 2.48. The van der Waals surface area contributed by atoms with Gasteiger partial charge in [0.1, 0.15) is 5.75 Å². The van der Waals surface area contributed by atoms with Gasteiger partial charge in [0.25, 0.3) is 0 Å². The van der Waals surface area contributed by atoms with Gasteiger partial charge in [-0.05, 0) is 43.9 Å². The van der Waals surface area contributed by atoms with E-state index >= 15 is 0 Å². The molecule has 7 heteroatoms. The quantitative estimate of drug-likeness (QED) is 0.509. The number of unbranched alkanes of at least 4 members (excludes halogenated alkanes) is 4. The first-order chi connectivity index (χ1) is 11.7. The van der Waals surface area contributed by atoms with Crippen LogP contribution in [0.2, 0.25) is 0 Å². The Hall–Kier alpha value is -0.980. The Bertz CT molecular complexity index is 522. The van der Waals surface area contributed by atoms with Crippen molar-refractivity contribution in [2.24, 2.45) is 5.73 Å². The maximum absolute atomic E-state index is 13.3. The van der Waals surface area contributed by atoms with Crippen LogP contribution in [0.1, 0.15) is 63.5 Å². The van der Waals surface area contributed by atoms with E-state index in [4.69, 9.17) is 15.6 Å². The Kier molecular flexibility index (Phi) is 11.2. The molecule has 152 valence electrons. The molecule has 0 heterocycles. The molecule has 0 aromatic heterocycles. The van der Waals surface area contributed by atoms with Crippen molar-refractivity contribution in [3.05, 3.63) is 29.3 Å². The average Bonchev–Trinajstić information content (AvgIpc) is 2.56. The minimum atomic E-state index is -4.46. The van der Waals surface area contributed by atoms with Gasteiger partial charge in [0.05, 0.1) is 18.8 Å². The number of aliphatic hydroxyl groups excluding tert-OH is 1. The number of benzene rings is 1. The molecular formula is C19H31ClF3NO2. The maximum atomic E-state index is 13.3. The van der Waals surface area contributed by atoms with Crippen molar-refractivity contribution in [3.8, 4) is 5.75 Å². The molecule has 3 N–H and O–H groups in total. The average molecular weight is 398 g/mol. The topological polar surface area (TPSA) is 55.5 Å². The summed E-state index contributed by atoms with van der Waals surface area (Å²) in [7, 11) is 0. The highest BCUT2D eigenvalue weighted by Crippen LogP contribution is 2.37. The first-order valence-corrected chi connectivity index (χ1v) is 8.92. The zero-order valence-corrected chi connectivity index (χ0v) is 16.4. The predicted molar refractivity (Wildman–Crippen MR) is 101 cm³/mol. The summed E-state index contributed by atoms with van der Waals surface area (Å²) in [6.45, 7) is 3.87. The van der Waals surface area contributed by atoms with Crippen LogP contribution in [0.25, 0.3) is 0 Å². The van der Waals surface area contributed by atoms with Crippen molar-refractivity contribution in [2.75, 3.05) is 13.2 Å². The smallest absolute Gasteiger partial charge is 0.419 e. The molecule has 0 radical (unpaired) electrons. The van der Waals surface area contributed by atoms with Gasteiger partial charge < -0.3 is 15.6 Å². The number of hydrogen-bond acceptors (Lipinski definition) is 3. The molecule has 0 aliphatic heterocycles. The number of aliphatic hydroxyl groups is 1. The highest BCUT2D eigenvalue weighted by atomic mass is 35.5. The van der Waals surface area contributed by atoms with E-state index in [9.17, 15) is 13.2 Å². The van der Waals surface area contributed by atoms with Gasteiger partial charge in [0.15, 0.2) is 0 Å². The van der Waals surface area contributed by atoms with Gasteiger partial charge in [-0.2, -0.15) is 13.2 Å². The molecule has 0 aliphatic rings. The summed E-state index contributed by atoms with van der Waals surface area (Å²) >= 11 is 0. The number of alkyl halides is 3. The molecule has 1 rings (SSSR count). The molecule has 1 unspecified atom stereocenters. The Labute approximate surface area is 160 Å². The van der Waals surface area contributed by atoms with Crippen LogP contribution in [0.5, 0.6) is 5.75 Å². The third kappa shape index (κ3) is 9.10. The van der Waals surface area contributed by atoms with E-state index in [1.165, 1.54) is 6.07 Å². The van der Waals surface area contributed by atoms with Gasteiger partial charge >= 0.3 is 6.18 Å². The maximum Gasteiger partial charge on any atom is 0.419 e. The molecular weight excluding hydrogens is 367 g/mol. The number of aryl methyl sites for hydroxylation is 1. The van der Waals surface area contributed by atoms with Crippen molar-refractivity contribution < 1.29 is 23.0 Å². The van der Waals surface area contributed by atoms with Gasteiger partial charge in [-0.1, -0.05) is 38.7 Å². The molecule has 0 fully saturated rings. The lowest BCUT2D eigenvalue weighted by molar-refractivity contribution is -0.139. The summed E-state index contributed by atoms with van der Waals surface area (Å²) < 4.78 is 45.3. The lowest BCUT2D eigenvalue weighted by atomic mass is 9.94. The fraction of sp³-hybridized carbons (Fsp3) is 0.684. The second-order valence-corrected chi connectivity index (χ2v) is 6.90. The second kappa shape index (κ2) is 11.7. The van der Waals surface area contributed by atoms with Crippen LogP contribution < -0.4 is 10.5 Å². The first kappa shape index (κ1) is 25.0. The van der Waals surface area contributed by atoms with E-state index in [1.807, 2.05) is 0 Å². The largest absolute Gasteiger partial charge is 0.493 e. The minimum absolute atomic E-state index is 0. The van der Waals surface area contributed by atoms with Crippen LogP contribution in [0.4, 0.5) is 13.2 Å². The van der Waals surface area contributed by atoms with Gasteiger partial charge in [-0.3, -0.25) is 0 Å².